The van der Waals surface area contributed by atoms with Gasteiger partial charge in [0.2, 0.25) is 0 Å². The predicted molar refractivity (Wildman–Crippen MR) is 115 cm³/mol. The molecule has 3 aromatic heterocycles. The van der Waals surface area contributed by atoms with Gasteiger partial charge in [0.25, 0.3) is 0 Å². The van der Waals surface area contributed by atoms with E-state index in [1.54, 1.807) is 24.4 Å². The third-order valence-electron chi connectivity index (χ3n) is 3.92. The Kier molecular flexibility index (Phi) is 6.27. The Morgan fingerprint density at radius 2 is 1.97 bits per heavy atom. The van der Waals surface area contributed by atoms with E-state index < -0.39 is 0 Å². The molecule has 0 spiro atoms. The van der Waals surface area contributed by atoms with Crippen molar-refractivity contribution in [2.45, 2.75) is 10.1 Å². The summed E-state index contributed by atoms with van der Waals surface area (Å²) in [4.78, 5) is 13.5. The van der Waals surface area contributed by atoms with Gasteiger partial charge in [0.15, 0.2) is 22.6 Å². The first-order valence-electron chi connectivity index (χ1n) is 9.00. The number of aromatic nitrogens is 5. The Morgan fingerprint density at radius 3 is 2.66 bits per heavy atom. The van der Waals surface area contributed by atoms with Crippen LogP contribution in [-0.4, -0.2) is 31.0 Å². The van der Waals surface area contributed by atoms with E-state index in [4.69, 9.17) is 16.0 Å². The number of aromatic amines is 1. The molecule has 0 atom stereocenters. The van der Waals surface area contributed by atoms with Crippen LogP contribution in [0.25, 0.3) is 0 Å². The van der Waals surface area contributed by atoms with Gasteiger partial charge in [-0.15, -0.1) is 5.11 Å². The fraction of sp³-hybridized carbons (Fsp3) is 0. The second-order valence-electron chi connectivity index (χ2n) is 6.09. The Hall–Kier alpha value is -4.39. The lowest BCUT2D eigenvalue weighted by Crippen LogP contribution is -2.01. The summed E-state index contributed by atoms with van der Waals surface area (Å²) in [7, 11) is 0. The molecule has 1 aromatic carbocycles. The van der Waals surface area contributed by atoms with E-state index in [9.17, 15) is 4.39 Å². The lowest BCUT2D eigenvalue weighted by Gasteiger charge is -2.13. The molecular weight excluding hydrogens is 435 g/mol. The van der Waals surface area contributed by atoms with Crippen LogP contribution in [0.15, 0.2) is 81.6 Å². The number of hydrogen-bond donors (Lipinski definition) is 4. The molecule has 0 saturated carbocycles. The van der Waals surface area contributed by atoms with Crippen molar-refractivity contribution < 1.29 is 9.13 Å². The first-order valence-corrected chi connectivity index (χ1v) is 9.82. The van der Waals surface area contributed by atoms with E-state index in [0.29, 0.717) is 33.9 Å². The van der Waals surface area contributed by atoms with Crippen molar-refractivity contribution in [2.24, 2.45) is 16.2 Å². The SMILES string of the molecule is N=C(N=NN)c1ccc(Nc2ncc(Sc3ncn[nH]3)cc2Oc2ccc(F)cc2)nc1. The van der Waals surface area contributed by atoms with E-state index in [1.807, 2.05) is 0 Å². The van der Waals surface area contributed by atoms with Gasteiger partial charge in [-0.05, 0) is 48.2 Å². The third kappa shape index (κ3) is 5.20. The van der Waals surface area contributed by atoms with Crippen molar-refractivity contribution in [1.82, 2.24) is 25.1 Å². The van der Waals surface area contributed by atoms with Gasteiger partial charge in [0, 0.05) is 28.9 Å². The molecule has 0 bridgehead atoms. The summed E-state index contributed by atoms with van der Waals surface area (Å²) < 4.78 is 19.2. The summed E-state index contributed by atoms with van der Waals surface area (Å²) in [6, 6.07) is 10.7. The number of rotatable bonds is 7. The molecule has 5 N–H and O–H groups in total. The molecular formula is C19H15FN10OS. The molecule has 3 heterocycles. The number of anilines is 2. The van der Waals surface area contributed by atoms with Crippen LogP contribution in [-0.2, 0) is 0 Å². The molecule has 4 aromatic rings. The Bertz CT molecular complexity index is 1230. The molecule has 0 aliphatic carbocycles. The molecule has 11 nitrogen and oxygen atoms in total. The summed E-state index contributed by atoms with van der Waals surface area (Å²) in [6.45, 7) is 0. The number of nitrogens with two attached hydrogens (primary N) is 1. The van der Waals surface area contributed by atoms with Gasteiger partial charge in [-0.25, -0.2) is 19.3 Å². The first-order chi connectivity index (χ1) is 15.6. The molecule has 4 rings (SSSR count). The van der Waals surface area contributed by atoms with Crippen LogP contribution in [0, 0.1) is 11.2 Å². The molecule has 0 unspecified atom stereocenters. The predicted octanol–water partition coefficient (Wildman–Crippen LogP) is 4.07. The van der Waals surface area contributed by atoms with Crippen molar-refractivity contribution in [3.8, 4) is 11.5 Å². The molecule has 0 radical (unpaired) electrons. The number of nitrogens with one attached hydrogen (secondary N) is 3. The fourth-order valence-corrected chi connectivity index (χ4v) is 3.18. The Morgan fingerprint density at radius 1 is 1.12 bits per heavy atom. The number of hydrogen-bond acceptors (Lipinski definition) is 9. The normalized spacial score (nSPS) is 10.9. The number of nitrogens with zero attached hydrogens (tertiary/aromatic N) is 6. The number of H-pyrrole nitrogens is 1. The summed E-state index contributed by atoms with van der Waals surface area (Å²) in [6.07, 6.45) is 4.50. The fourth-order valence-electron chi connectivity index (χ4n) is 2.48. The molecule has 0 amide bonds. The minimum atomic E-state index is -0.368. The standard InChI is InChI=1S/C19H15FN10OS/c20-12-2-4-13(5-3-12)31-15-7-14(32-19-25-10-26-29-19)9-24-18(15)27-16-6-1-11(8-23-16)17(21)28-30-22/h1-10H,(H3,21,22,28)(H,23,24,27)(H,25,26,29). The van der Waals surface area contributed by atoms with Crippen LogP contribution < -0.4 is 15.9 Å². The zero-order valence-corrected chi connectivity index (χ0v) is 17.0. The summed E-state index contributed by atoms with van der Waals surface area (Å²) in [5.41, 5.74) is 0.444. The number of benzene rings is 1. The maximum absolute atomic E-state index is 13.3. The van der Waals surface area contributed by atoms with Gasteiger partial charge >= 0.3 is 0 Å². The van der Waals surface area contributed by atoms with Crippen molar-refractivity contribution in [3.05, 3.63) is 72.6 Å². The van der Waals surface area contributed by atoms with Gasteiger partial charge in [0.1, 0.15) is 23.7 Å². The van der Waals surface area contributed by atoms with E-state index in [0.717, 1.165) is 4.90 Å². The smallest absolute Gasteiger partial charge is 0.188 e. The van der Waals surface area contributed by atoms with Crippen molar-refractivity contribution in [1.29, 1.82) is 5.41 Å². The van der Waals surface area contributed by atoms with Gasteiger partial charge in [-0.1, -0.05) is 5.22 Å². The second-order valence-corrected chi connectivity index (χ2v) is 7.15. The van der Waals surface area contributed by atoms with Crippen LogP contribution in [0.1, 0.15) is 5.56 Å². The lowest BCUT2D eigenvalue weighted by atomic mass is 10.2. The topological polar surface area (TPSA) is 163 Å². The third-order valence-corrected chi connectivity index (χ3v) is 4.77. The van der Waals surface area contributed by atoms with E-state index in [1.165, 1.54) is 48.6 Å². The van der Waals surface area contributed by atoms with E-state index in [-0.39, 0.29) is 11.7 Å². The zero-order valence-electron chi connectivity index (χ0n) is 16.2. The van der Waals surface area contributed by atoms with Crippen molar-refractivity contribution >= 4 is 29.2 Å². The molecule has 0 aliphatic heterocycles. The molecule has 32 heavy (non-hydrogen) atoms. The van der Waals surface area contributed by atoms with Gasteiger partial charge < -0.3 is 15.9 Å². The highest BCUT2D eigenvalue weighted by Gasteiger charge is 2.12. The van der Waals surface area contributed by atoms with E-state index in [2.05, 4.69) is 40.8 Å². The van der Waals surface area contributed by atoms with Crippen LogP contribution in [0.3, 0.4) is 0 Å². The number of pyridine rings is 2. The maximum Gasteiger partial charge on any atom is 0.188 e. The van der Waals surface area contributed by atoms with Crippen LogP contribution in [0.5, 0.6) is 11.5 Å². The summed E-state index contributed by atoms with van der Waals surface area (Å²) >= 11 is 1.32. The highest BCUT2D eigenvalue weighted by Crippen LogP contribution is 2.35. The average Bonchev–Trinajstić information content (AvgIpc) is 3.31. The van der Waals surface area contributed by atoms with Gasteiger partial charge in [-0.2, -0.15) is 5.10 Å². The molecule has 160 valence electrons. The zero-order chi connectivity index (χ0) is 22.3. The monoisotopic (exact) mass is 450 g/mol. The number of amidine groups is 1. The second kappa shape index (κ2) is 9.61. The Labute approximate surface area is 184 Å². The number of halogens is 1. The van der Waals surface area contributed by atoms with Crippen LogP contribution in [0.4, 0.5) is 16.0 Å². The summed E-state index contributed by atoms with van der Waals surface area (Å²) in [5, 5.41) is 24.5. The highest BCUT2D eigenvalue weighted by atomic mass is 32.2. The largest absolute Gasteiger partial charge is 0.453 e. The quantitative estimate of drug-likeness (QED) is 0.108. The first kappa shape index (κ1) is 20.9. The summed E-state index contributed by atoms with van der Waals surface area (Å²) in [5.74, 6) is 6.15. The molecule has 0 fully saturated rings. The highest BCUT2D eigenvalue weighted by molar-refractivity contribution is 7.99. The van der Waals surface area contributed by atoms with Crippen LogP contribution >= 0.6 is 11.8 Å². The van der Waals surface area contributed by atoms with Gasteiger partial charge in [0.05, 0.1) is 0 Å². The minimum Gasteiger partial charge on any atom is -0.453 e. The van der Waals surface area contributed by atoms with Crippen molar-refractivity contribution in [3.63, 3.8) is 0 Å². The average molecular weight is 450 g/mol. The maximum atomic E-state index is 13.3. The molecule has 13 heteroatoms. The van der Waals surface area contributed by atoms with E-state index >= 15 is 0 Å². The van der Waals surface area contributed by atoms with Crippen molar-refractivity contribution in [2.75, 3.05) is 5.32 Å². The molecule has 0 aliphatic rings. The molecule has 0 saturated heterocycles. The van der Waals surface area contributed by atoms with Crippen LogP contribution in [0.2, 0.25) is 0 Å². The number of ether oxygens (including phenoxy) is 1. The van der Waals surface area contributed by atoms with Gasteiger partial charge in [-0.3, -0.25) is 10.5 Å². The lowest BCUT2D eigenvalue weighted by molar-refractivity contribution is 0.479. The minimum absolute atomic E-state index is 0.112. The Balaban J connectivity index is 1.60.